The highest BCUT2D eigenvalue weighted by Crippen LogP contribution is 2.30. The molecular formula is C23H21Br2ClN2O3S. The molecule has 0 radical (unpaired) electrons. The molecular weight excluding hydrogens is 580 g/mol. The van der Waals surface area contributed by atoms with E-state index in [0.29, 0.717) is 9.50 Å². The molecule has 32 heavy (non-hydrogen) atoms. The summed E-state index contributed by atoms with van der Waals surface area (Å²) in [5.41, 5.74) is 1.83. The quantitative estimate of drug-likeness (QED) is 0.357. The second-order valence-electron chi connectivity index (χ2n) is 7.09. The van der Waals surface area contributed by atoms with Gasteiger partial charge in [-0.15, -0.1) is 0 Å². The van der Waals surface area contributed by atoms with Gasteiger partial charge in [0.25, 0.3) is 0 Å². The Morgan fingerprint density at radius 2 is 1.53 bits per heavy atom. The van der Waals surface area contributed by atoms with Crippen molar-refractivity contribution in [1.82, 2.24) is 9.62 Å². The first-order valence-electron chi connectivity index (χ1n) is 9.70. The van der Waals surface area contributed by atoms with Crippen LogP contribution in [-0.2, 0) is 14.8 Å². The molecule has 5 nitrogen and oxygen atoms in total. The van der Waals surface area contributed by atoms with Gasteiger partial charge in [-0.1, -0.05) is 63.9 Å². The van der Waals surface area contributed by atoms with Crippen molar-refractivity contribution in [3.63, 3.8) is 0 Å². The number of carbonyl (C=O) groups is 1. The molecule has 1 unspecified atom stereocenters. The molecule has 0 spiro atoms. The maximum atomic E-state index is 13.0. The van der Waals surface area contributed by atoms with E-state index in [9.17, 15) is 13.2 Å². The number of nitrogens with one attached hydrogen (secondary N) is 1. The number of carbonyl (C=O) groups excluding carboxylic acids is 1. The molecule has 0 aromatic heterocycles. The van der Waals surface area contributed by atoms with Crippen LogP contribution in [0.1, 0.15) is 23.6 Å². The third-order valence-electron chi connectivity index (χ3n) is 4.91. The standard InChI is InChI=1S/C23H21Br2ClN2O3S/c1-28(22(29)14-15-27-32(30,31)21-5-3-2-4-20(21)25)23(16-6-10-18(24)11-7-16)17-8-12-19(26)13-9-17/h2-13,23,27H,14-15H2,1H3. The van der Waals surface area contributed by atoms with Crippen molar-refractivity contribution in [1.29, 1.82) is 0 Å². The first-order valence-corrected chi connectivity index (χ1v) is 13.1. The van der Waals surface area contributed by atoms with Gasteiger partial charge in [0.1, 0.15) is 0 Å². The summed E-state index contributed by atoms with van der Waals surface area (Å²) in [5.74, 6) is -0.192. The van der Waals surface area contributed by atoms with Crippen molar-refractivity contribution in [3.8, 4) is 0 Å². The lowest BCUT2D eigenvalue weighted by Gasteiger charge is -2.29. The molecule has 0 aliphatic rings. The lowest BCUT2D eigenvalue weighted by Crippen LogP contribution is -2.35. The van der Waals surface area contributed by atoms with Crippen molar-refractivity contribution in [3.05, 3.63) is 97.9 Å². The average molecular weight is 601 g/mol. The lowest BCUT2D eigenvalue weighted by atomic mass is 9.97. The minimum atomic E-state index is -3.73. The van der Waals surface area contributed by atoms with Gasteiger partial charge in [0.15, 0.2) is 0 Å². The summed E-state index contributed by atoms with van der Waals surface area (Å²) in [5, 5.41) is 0.610. The Morgan fingerprint density at radius 1 is 0.969 bits per heavy atom. The van der Waals surface area contributed by atoms with Gasteiger partial charge in [-0.05, 0) is 63.5 Å². The predicted molar refractivity (Wildman–Crippen MR) is 134 cm³/mol. The molecule has 3 aromatic carbocycles. The third kappa shape index (κ3) is 6.20. The zero-order chi connectivity index (χ0) is 23.3. The molecule has 0 bridgehead atoms. The second-order valence-corrected chi connectivity index (χ2v) is 11.0. The van der Waals surface area contributed by atoms with Crippen molar-refractivity contribution in [2.45, 2.75) is 17.4 Å². The summed E-state index contributed by atoms with van der Waals surface area (Å²) in [4.78, 5) is 14.8. The fourth-order valence-corrected chi connectivity index (χ4v) is 5.71. The topological polar surface area (TPSA) is 66.5 Å². The predicted octanol–water partition coefficient (Wildman–Crippen LogP) is 5.78. The fourth-order valence-electron chi connectivity index (χ4n) is 3.28. The van der Waals surface area contributed by atoms with Crippen molar-refractivity contribution >= 4 is 59.4 Å². The maximum absolute atomic E-state index is 13.0. The Bertz CT molecular complexity index is 1140. The molecule has 0 saturated carbocycles. The van der Waals surface area contributed by atoms with Crippen LogP contribution in [0.3, 0.4) is 0 Å². The van der Waals surface area contributed by atoms with Crippen LogP contribution < -0.4 is 4.72 Å². The number of hydrogen-bond donors (Lipinski definition) is 1. The van der Waals surface area contributed by atoms with Crippen LogP contribution in [0, 0.1) is 0 Å². The van der Waals surface area contributed by atoms with Gasteiger partial charge >= 0.3 is 0 Å². The molecule has 3 aromatic rings. The summed E-state index contributed by atoms with van der Waals surface area (Å²) < 4.78 is 29.0. The third-order valence-corrected chi connectivity index (χ3v) is 8.16. The zero-order valence-electron chi connectivity index (χ0n) is 17.1. The number of hydrogen-bond acceptors (Lipinski definition) is 3. The van der Waals surface area contributed by atoms with E-state index in [2.05, 4.69) is 36.6 Å². The molecule has 0 fully saturated rings. The number of halogens is 3. The Labute approximate surface area is 210 Å². The highest BCUT2D eigenvalue weighted by Gasteiger charge is 2.24. The molecule has 1 N–H and O–H groups in total. The average Bonchev–Trinajstić information content (AvgIpc) is 2.76. The van der Waals surface area contributed by atoms with Crippen molar-refractivity contribution in [2.75, 3.05) is 13.6 Å². The van der Waals surface area contributed by atoms with Crippen LogP contribution in [0.4, 0.5) is 0 Å². The Hall–Kier alpha value is -1.71. The highest BCUT2D eigenvalue weighted by atomic mass is 79.9. The fraction of sp³-hybridized carbons (Fsp3) is 0.174. The summed E-state index contributed by atoms with van der Waals surface area (Å²) in [6.07, 6.45) is 0.0147. The number of benzene rings is 3. The molecule has 3 rings (SSSR count). The van der Waals surface area contributed by atoms with Crippen LogP contribution in [0.5, 0.6) is 0 Å². The highest BCUT2D eigenvalue weighted by molar-refractivity contribution is 9.10. The number of nitrogens with zero attached hydrogens (tertiary/aromatic N) is 1. The van der Waals surface area contributed by atoms with Gasteiger partial charge in [0, 0.05) is 34.0 Å². The van der Waals surface area contributed by atoms with Crippen LogP contribution in [0.2, 0.25) is 5.02 Å². The summed E-state index contributed by atoms with van der Waals surface area (Å²) in [6.45, 7) is -0.0134. The largest absolute Gasteiger partial charge is 0.335 e. The van der Waals surface area contributed by atoms with Crippen LogP contribution in [-0.4, -0.2) is 32.8 Å². The Kier molecular flexibility index (Phi) is 8.52. The van der Waals surface area contributed by atoms with E-state index in [1.54, 1.807) is 42.3 Å². The molecule has 1 amide bonds. The lowest BCUT2D eigenvalue weighted by molar-refractivity contribution is -0.131. The molecule has 0 aliphatic carbocycles. The minimum absolute atomic E-state index is 0.0134. The zero-order valence-corrected chi connectivity index (χ0v) is 21.9. The van der Waals surface area contributed by atoms with Crippen molar-refractivity contribution in [2.24, 2.45) is 0 Å². The van der Waals surface area contributed by atoms with Crippen LogP contribution >= 0.6 is 43.5 Å². The van der Waals surface area contributed by atoms with E-state index in [1.807, 2.05) is 36.4 Å². The minimum Gasteiger partial charge on any atom is -0.335 e. The normalized spacial score (nSPS) is 12.4. The van der Waals surface area contributed by atoms with Crippen LogP contribution in [0.15, 0.2) is 86.6 Å². The van der Waals surface area contributed by atoms with Gasteiger partial charge in [0.05, 0.1) is 10.9 Å². The number of amides is 1. The maximum Gasteiger partial charge on any atom is 0.241 e. The summed E-state index contributed by atoms with van der Waals surface area (Å²) >= 11 is 12.7. The number of rotatable bonds is 8. The molecule has 168 valence electrons. The van der Waals surface area contributed by atoms with Crippen LogP contribution in [0.25, 0.3) is 0 Å². The van der Waals surface area contributed by atoms with Crippen molar-refractivity contribution < 1.29 is 13.2 Å². The monoisotopic (exact) mass is 598 g/mol. The summed E-state index contributed by atoms with van der Waals surface area (Å²) in [6, 6.07) is 21.3. The molecule has 0 saturated heterocycles. The van der Waals surface area contributed by atoms with Gasteiger partial charge in [-0.3, -0.25) is 4.79 Å². The van der Waals surface area contributed by atoms with E-state index in [-0.39, 0.29) is 29.8 Å². The van der Waals surface area contributed by atoms with Gasteiger partial charge in [-0.2, -0.15) is 0 Å². The molecule has 9 heteroatoms. The van der Waals surface area contributed by atoms with E-state index >= 15 is 0 Å². The van der Waals surface area contributed by atoms with Gasteiger partial charge in [0.2, 0.25) is 15.9 Å². The molecule has 0 heterocycles. The van der Waals surface area contributed by atoms with E-state index in [0.717, 1.165) is 15.6 Å². The first-order chi connectivity index (χ1) is 15.2. The number of sulfonamides is 1. The smallest absolute Gasteiger partial charge is 0.241 e. The molecule has 0 aliphatic heterocycles. The van der Waals surface area contributed by atoms with Gasteiger partial charge in [-0.25, -0.2) is 13.1 Å². The first kappa shape index (κ1) is 24.9. The van der Waals surface area contributed by atoms with E-state index in [1.165, 1.54) is 6.07 Å². The van der Waals surface area contributed by atoms with Gasteiger partial charge < -0.3 is 4.90 Å². The Morgan fingerprint density at radius 3 is 2.12 bits per heavy atom. The summed E-state index contributed by atoms with van der Waals surface area (Å²) in [7, 11) is -2.02. The van der Waals surface area contributed by atoms with E-state index < -0.39 is 10.0 Å². The molecule has 1 atom stereocenters. The second kappa shape index (κ2) is 10.9. The Balaban J connectivity index is 1.75. The van der Waals surface area contributed by atoms with E-state index in [4.69, 9.17) is 11.6 Å². The SMILES string of the molecule is CN(C(=O)CCNS(=O)(=O)c1ccccc1Br)C(c1ccc(Cl)cc1)c1ccc(Br)cc1.